The van der Waals surface area contributed by atoms with Crippen LogP contribution >= 0.6 is 34.8 Å². The molecule has 0 aromatic heterocycles. The molecule has 0 N–H and O–H groups in total. The van der Waals surface area contributed by atoms with E-state index in [1.165, 1.54) is 6.07 Å². The molecule has 23 heavy (non-hydrogen) atoms. The van der Waals surface area contributed by atoms with Gasteiger partial charge in [0.25, 0.3) is 0 Å². The van der Waals surface area contributed by atoms with Gasteiger partial charge < -0.3 is 0 Å². The standard InChI is InChI=1S/C12H10Cl3F3N2O2S/c13-10(14)6-20(5-4-19)23(21,22)7-8-2-1-3-9(11(8)15)12(16,17)18/h1-3,10H,5-7H2. The summed E-state index contributed by atoms with van der Waals surface area (Å²) in [5, 5.41) is 7.97. The van der Waals surface area contributed by atoms with Gasteiger partial charge in [-0.1, -0.05) is 23.7 Å². The molecule has 0 saturated heterocycles. The molecule has 1 aromatic rings. The highest BCUT2D eigenvalue weighted by Crippen LogP contribution is 2.36. The summed E-state index contributed by atoms with van der Waals surface area (Å²) < 4.78 is 63.6. The molecule has 4 nitrogen and oxygen atoms in total. The summed E-state index contributed by atoms with van der Waals surface area (Å²) in [6.07, 6.45) is -4.71. The van der Waals surface area contributed by atoms with E-state index in [2.05, 4.69) is 0 Å². The fourth-order valence-corrected chi connectivity index (χ4v) is 4.03. The van der Waals surface area contributed by atoms with Crippen LogP contribution in [0.1, 0.15) is 11.1 Å². The molecule has 0 bridgehead atoms. The van der Waals surface area contributed by atoms with Crippen LogP contribution in [0.25, 0.3) is 0 Å². The Kier molecular flexibility index (Phi) is 6.98. The number of nitrogens with zero attached hydrogens (tertiary/aromatic N) is 2. The minimum Gasteiger partial charge on any atom is -0.212 e. The zero-order valence-corrected chi connectivity index (χ0v) is 14.4. The molecule has 0 radical (unpaired) electrons. The zero-order valence-electron chi connectivity index (χ0n) is 11.3. The minimum absolute atomic E-state index is 0.231. The molecule has 0 fully saturated rings. The summed E-state index contributed by atoms with van der Waals surface area (Å²) in [6.45, 7) is -0.898. The topological polar surface area (TPSA) is 61.2 Å². The Balaban J connectivity index is 3.17. The number of rotatable bonds is 6. The van der Waals surface area contributed by atoms with E-state index in [1.54, 1.807) is 6.07 Å². The highest BCUT2D eigenvalue weighted by Gasteiger charge is 2.35. The van der Waals surface area contributed by atoms with Crippen LogP contribution < -0.4 is 0 Å². The molecule has 0 aliphatic rings. The van der Waals surface area contributed by atoms with Gasteiger partial charge in [0.2, 0.25) is 10.0 Å². The first-order chi connectivity index (χ1) is 10.5. The average molecular weight is 410 g/mol. The fourth-order valence-electron chi connectivity index (χ4n) is 1.71. The van der Waals surface area contributed by atoms with Crippen molar-refractivity contribution in [2.45, 2.75) is 16.8 Å². The number of sulfonamides is 1. The molecular weight excluding hydrogens is 400 g/mol. The van der Waals surface area contributed by atoms with E-state index in [1.807, 2.05) is 0 Å². The molecule has 1 rings (SSSR count). The van der Waals surface area contributed by atoms with Crippen LogP contribution in [0, 0.1) is 11.3 Å². The molecule has 0 atom stereocenters. The van der Waals surface area contributed by atoms with Crippen LogP contribution in [0.4, 0.5) is 13.2 Å². The third-order valence-electron chi connectivity index (χ3n) is 2.70. The van der Waals surface area contributed by atoms with E-state index in [9.17, 15) is 21.6 Å². The number of halogens is 6. The van der Waals surface area contributed by atoms with Gasteiger partial charge in [0.05, 0.1) is 22.4 Å². The molecule has 1 aromatic carbocycles. The third kappa shape index (κ3) is 5.69. The first-order valence-corrected chi connectivity index (χ1v) is 8.82. The van der Waals surface area contributed by atoms with Gasteiger partial charge in [0, 0.05) is 6.54 Å². The van der Waals surface area contributed by atoms with Crippen LogP contribution in [0.5, 0.6) is 0 Å². The van der Waals surface area contributed by atoms with Gasteiger partial charge in [-0.05, 0) is 11.6 Å². The third-order valence-corrected chi connectivity index (χ3v) is 5.17. The maximum absolute atomic E-state index is 12.8. The number of hydrogen-bond acceptors (Lipinski definition) is 3. The lowest BCUT2D eigenvalue weighted by Gasteiger charge is -2.20. The molecule has 0 spiro atoms. The Morgan fingerprint density at radius 1 is 1.30 bits per heavy atom. The summed E-state index contributed by atoms with van der Waals surface area (Å²) in [4.78, 5) is -1.09. The molecule has 0 heterocycles. The first kappa shape index (κ1) is 20.3. The number of alkyl halides is 5. The molecule has 0 aliphatic carbocycles. The van der Waals surface area contributed by atoms with Crippen molar-refractivity contribution in [1.29, 1.82) is 5.26 Å². The fraction of sp³-hybridized carbons (Fsp3) is 0.417. The molecule has 11 heteroatoms. The summed E-state index contributed by atoms with van der Waals surface area (Å²) in [5.74, 6) is -0.808. The number of hydrogen-bond donors (Lipinski definition) is 0. The normalized spacial score (nSPS) is 12.7. The van der Waals surface area contributed by atoms with Crippen LogP contribution in [0.15, 0.2) is 18.2 Å². The lowest BCUT2D eigenvalue weighted by Crippen LogP contribution is -2.36. The van der Waals surface area contributed by atoms with Crippen molar-refractivity contribution in [3.63, 3.8) is 0 Å². The van der Waals surface area contributed by atoms with Gasteiger partial charge in [0.1, 0.15) is 11.4 Å². The Morgan fingerprint density at radius 3 is 2.39 bits per heavy atom. The van der Waals surface area contributed by atoms with Crippen molar-refractivity contribution >= 4 is 44.8 Å². The zero-order chi connectivity index (χ0) is 17.8. The first-order valence-electron chi connectivity index (χ1n) is 5.96. The second kappa shape index (κ2) is 7.90. The highest BCUT2D eigenvalue weighted by molar-refractivity contribution is 7.88. The summed E-state index contributed by atoms with van der Waals surface area (Å²) >= 11 is 16.7. The van der Waals surface area contributed by atoms with Crippen molar-refractivity contribution in [3.8, 4) is 6.07 Å². The molecule has 0 aliphatic heterocycles. The van der Waals surface area contributed by atoms with Crippen LogP contribution in [-0.4, -0.2) is 30.6 Å². The molecule has 0 unspecified atom stereocenters. The van der Waals surface area contributed by atoms with E-state index in [4.69, 9.17) is 40.1 Å². The second-order valence-corrected chi connectivity index (χ2v) is 8.00. The number of nitriles is 1. The van der Waals surface area contributed by atoms with Crippen molar-refractivity contribution in [1.82, 2.24) is 4.31 Å². The summed E-state index contributed by atoms with van der Waals surface area (Å²) in [6, 6.07) is 4.60. The predicted molar refractivity (Wildman–Crippen MR) is 81.8 cm³/mol. The maximum atomic E-state index is 12.8. The van der Waals surface area contributed by atoms with Crippen molar-refractivity contribution in [2.24, 2.45) is 0 Å². The SMILES string of the molecule is N#CCN(CC(Cl)Cl)S(=O)(=O)Cc1cccc(C(F)(F)F)c1Cl. The average Bonchev–Trinajstić information content (AvgIpc) is 2.38. The van der Waals surface area contributed by atoms with E-state index < -0.39 is 43.9 Å². The van der Waals surface area contributed by atoms with Gasteiger partial charge in [-0.2, -0.15) is 22.7 Å². The quantitative estimate of drug-likeness (QED) is 0.530. The van der Waals surface area contributed by atoms with Gasteiger partial charge in [-0.3, -0.25) is 0 Å². The van der Waals surface area contributed by atoms with Gasteiger partial charge >= 0.3 is 6.18 Å². The van der Waals surface area contributed by atoms with Gasteiger partial charge in [-0.25, -0.2) is 8.42 Å². The maximum Gasteiger partial charge on any atom is 0.417 e. The van der Waals surface area contributed by atoms with Crippen LogP contribution in [-0.2, 0) is 22.0 Å². The lowest BCUT2D eigenvalue weighted by molar-refractivity contribution is -0.137. The predicted octanol–water partition coefficient (Wildman–Crippen LogP) is 3.82. The monoisotopic (exact) mass is 408 g/mol. The van der Waals surface area contributed by atoms with E-state index in [0.717, 1.165) is 12.1 Å². The Morgan fingerprint density at radius 2 is 1.91 bits per heavy atom. The molecule has 0 saturated carbocycles. The smallest absolute Gasteiger partial charge is 0.212 e. The Bertz CT molecular complexity index is 702. The van der Waals surface area contributed by atoms with Crippen molar-refractivity contribution < 1.29 is 21.6 Å². The van der Waals surface area contributed by atoms with E-state index in [-0.39, 0.29) is 12.1 Å². The highest BCUT2D eigenvalue weighted by atomic mass is 35.5. The number of benzene rings is 1. The van der Waals surface area contributed by atoms with Gasteiger partial charge in [-0.15, -0.1) is 23.2 Å². The molecule has 0 amide bonds. The summed E-state index contributed by atoms with van der Waals surface area (Å²) in [7, 11) is -4.13. The Hall–Kier alpha value is -0.720. The lowest BCUT2D eigenvalue weighted by atomic mass is 10.1. The van der Waals surface area contributed by atoms with E-state index in [0.29, 0.717) is 4.31 Å². The van der Waals surface area contributed by atoms with Gasteiger partial charge in [0.15, 0.2) is 0 Å². The van der Waals surface area contributed by atoms with E-state index >= 15 is 0 Å². The minimum atomic E-state index is -4.71. The second-order valence-electron chi connectivity index (χ2n) is 4.37. The van der Waals surface area contributed by atoms with Crippen molar-refractivity contribution in [2.75, 3.05) is 13.1 Å². The molecule has 128 valence electrons. The summed E-state index contributed by atoms with van der Waals surface area (Å²) in [5.41, 5.74) is -1.36. The Labute approximate surface area is 146 Å². The molecular formula is C12H10Cl3F3N2O2S. The largest absolute Gasteiger partial charge is 0.417 e. The van der Waals surface area contributed by atoms with Crippen LogP contribution in [0.2, 0.25) is 5.02 Å². The van der Waals surface area contributed by atoms with Crippen molar-refractivity contribution in [3.05, 3.63) is 34.3 Å². The van der Waals surface area contributed by atoms with Crippen LogP contribution in [0.3, 0.4) is 0 Å².